The molecule has 1 aliphatic carbocycles. The van der Waals surface area contributed by atoms with Crippen molar-refractivity contribution in [3.63, 3.8) is 0 Å². The number of rotatable bonds is 3. The van der Waals surface area contributed by atoms with Crippen LogP contribution in [-0.2, 0) is 4.43 Å². The summed E-state index contributed by atoms with van der Waals surface area (Å²) in [5.74, 6) is 2.69. The van der Waals surface area contributed by atoms with Gasteiger partial charge in [0, 0.05) is 12.8 Å². The highest BCUT2D eigenvalue weighted by molar-refractivity contribution is 6.69. The maximum absolute atomic E-state index is 6.11. The van der Waals surface area contributed by atoms with E-state index in [-0.39, 0.29) is 6.10 Å². The molecule has 2 heteroatoms. The Morgan fingerprint density at radius 1 is 1.53 bits per heavy atom. The highest BCUT2D eigenvalue weighted by atomic mass is 28.4. The van der Waals surface area contributed by atoms with Gasteiger partial charge in [-0.2, -0.15) is 0 Å². The number of allylic oxidation sites excluding steroid dienone is 1. The third kappa shape index (κ3) is 3.09. The van der Waals surface area contributed by atoms with Crippen LogP contribution in [0.15, 0.2) is 23.3 Å². The quantitative estimate of drug-likeness (QED) is 0.522. The minimum atomic E-state index is -1.47. The Labute approximate surface area is 94.4 Å². The monoisotopic (exact) mass is 220 g/mol. The summed E-state index contributed by atoms with van der Waals surface area (Å²) in [4.78, 5) is 0. The first kappa shape index (κ1) is 12.3. The Morgan fingerprint density at radius 2 is 2.13 bits per heavy atom. The fourth-order valence-corrected chi connectivity index (χ4v) is 3.01. The van der Waals surface area contributed by atoms with E-state index in [1.54, 1.807) is 0 Å². The molecule has 0 aromatic heterocycles. The Bertz CT molecular complexity index is 339. The van der Waals surface area contributed by atoms with Crippen molar-refractivity contribution in [1.29, 1.82) is 0 Å². The molecule has 0 bridgehead atoms. The molecule has 0 amide bonds. The van der Waals surface area contributed by atoms with Gasteiger partial charge in [-0.05, 0) is 43.3 Å². The maximum Gasteiger partial charge on any atom is 0.184 e. The van der Waals surface area contributed by atoms with E-state index in [9.17, 15) is 0 Å². The molecule has 0 aliphatic heterocycles. The number of hydrogen-bond donors (Lipinski definition) is 0. The van der Waals surface area contributed by atoms with Gasteiger partial charge in [-0.3, -0.25) is 0 Å². The maximum atomic E-state index is 6.11. The summed E-state index contributed by atoms with van der Waals surface area (Å²) >= 11 is 0. The number of hydrogen-bond acceptors (Lipinski definition) is 1. The summed E-state index contributed by atoms with van der Waals surface area (Å²) in [5.41, 5.74) is 3.69. The van der Waals surface area contributed by atoms with Crippen molar-refractivity contribution in [2.75, 3.05) is 0 Å². The molecule has 0 aromatic rings. The van der Waals surface area contributed by atoms with Gasteiger partial charge in [0.2, 0.25) is 0 Å². The lowest BCUT2D eigenvalue weighted by Crippen LogP contribution is -2.31. The highest BCUT2D eigenvalue weighted by Crippen LogP contribution is 2.35. The number of terminal acetylenes is 1. The van der Waals surface area contributed by atoms with Crippen molar-refractivity contribution in [3.05, 3.63) is 23.3 Å². The van der Waals surface area contributed by atoms with Gasteiger partial charge in [0.05, 0.1) is 6.10 Å². The van der Waals surface area contributed by atoms with E-state index >= 15 is 0 Å². The zero-order chi connectivity index (χ0) is 11.6. The van der Waals surface area contributed by atoms with Crippen LogP contribution < -0.4 is 0 Å². The molecule has 0 saturated heterocycles. The molecule has 1 aliphatic rings. The average Bonchev–Trinajstić information content (AvgIpc) is 2.30. The largest absolute Gasteiger partial charge is 0.411 e. The molecule has 1 atom stereocenters. The first-order valence-corrected chi connectivity index (χ1v) is 8.75. The lowest BCUT2D eigenvalue weighted by molar-refractivity contribution is 0.238. The second-order valence-electron chi connectivity index (χ2n) is 5.07. The third-order valence-corrected chi connectivity index (χ3v) is 3.58. The van der Waals surface area contributed by atoms with E-state index in [0.717, 1.165) is 12.0 Å². The summed E-state index contributed by atoms with van der Waals surface area (Å²) < 4.78 is 6.11. The van der Waals surface area contributed by atoms with Crippen LogP contribution in [-0.4, -0.2) is 14.4 Å². The Balaban J connectivity index is 2.82. The molecule has 0 unspecified atom stereocenters. The zero-order valence-electron chi connectivity index (χ0n) is 10.2. The van der Waals surface area contributed by atoms with Crippen LogP contribution in [0.2, 0.25) is 19.6 Å². The van der Waals surface area contributed by atoms with E-state index in [1.807, 2.05) is 0 Å². The first-order chi connectivity index (χ1) is 6.85. The topological polar surface area (TPSA) is 9.23 Å². The summed E-state index contributed by atoms with van der Waals surface area (Å²) in [5, 5.41) is 0. The molecule has 1 nitrogen and oxygen atoms in total. The molecule has 0 N–H and O–H groups in total. The smallest absolute Gasteiger partial charge is 0.184 e. The van der Waals surface area contributed by atoms with Crippen LogP contribution >= 0.6 is 0 Å². The van der Waals surface area contributed by atoms with Gasteiger partial charge >= 0.3 is 0 Å². The van der Waals surface area contributed by atoms with E-state index in [1.165, 1.54) is 11.1 Å². The summed E-state index contributed by atoms with van der Waals surface area (Å²) in [7, 11) is -1.47. The van der Waals surface area contributed by atoms with Crippen molar-refractivity contribution < 1.29 is 4.43 Å². The molecule has 0 radical (unpaired) electrons. The fourth-order valence-electron chi connectivity index (χ4n) is 1.90. The van der Waals surface area contributed by atoms with Crippen molar-refractivity contribution in [1.82, 2.24) is 0 Å². The minimum absolute atomic E-state index is 0.229. The predicted molar refractivity (Wildman–Crippen MR) is 68.1 cm³/mol. The molecule has 15 heavy (non-hydrogen) atoms. The molecule has 0 fully saturated rings. The highest BCUT2D eigenvalue weighted by Gasteiger charge is 2.29. The second-order valence-corrected chi connectivity index (χ2v) is 9.53. The Kier molecular flexibility index (Phi) is 3.59. The van der Waals surface area contributed by atoms with Crippen LogP contribution in [0.1, 0.15) is 19.8 Å². The van der Waals surface area contributed by atoms with Gasteiger partial charge in [0.1, 0.15) is 0 Å². The molecule has 82 valence electrons. The van der Waals surface area contributed by atoms with Crippen molar-refractivity contribution in [3.8, 4) is 12.3 Å². The van der Waals surface area contributed by atoms with E-state index < -0.39 is 8.32 Å². The lowest BCUT2D eigenvalue weighted by Gasteiger charge is -2.24. The van der Waals surface area contributed by atoms with Gasteiger partial charge in [0.25, 0.3) is 0 Å². The molecule has 0 heterocycles. The molecular formula is C13H20OSi. The fraction of sp³-hybridized carbons (Fsp3) is 0.538. The second kappa shape index (κ2) is 4.38. The van der Waals surface area contributed by atoms with Crippen molar-refractivity contribution in [2.24, 2.45) is 0 Å². The Hall–Kier alpha value is -0.783. The molecule has 0 aromatic carbocycles. The van der Waals surface area contributed by atoms with Crippen LogP contribution in [0.25, 0.3) is 0 Å². The SMILES string of the molecule is C#CCC1=C(C)[C@@H](O[Si](C)(C)C)CC1=C. The van der Waals surface area contributed by atoms with Crippen LogP contribution in [0.4, 0.5) is 0 Å². The first-order valence-electron chi connectivity index (χ1n) is 5.34. The van der Waals surface area contributed by atoms with E-state index in [2.05, 4.69) is 39.1 Å². The van der Waals surface area contributed by atoms with Gasteiger partial charge in [0.15, 0.2) is 8.32 Å². The molecule has 0 spiro atoms. The van der Waals surface area contributed by atoms with Crippen molar-refractivity contribution >= 4 is 8.32 Å². The van der Waals surface area contributed by atoms with Gasteiger partial charge in [-0.15, -0.1) is 12.3 Å². The predicted octanol–water partition coefficient (Wildman–Crippen LogP) is 3.51. The van der Waals surface area contributed by atoms with Crippen molar-refractivity contribution in [2.45, 2.75) is 45.5 Å². The average molecular weight is 220 g/mol. The third-order valence-electron chi connectivity index (χ3n) is 2.59. The summed E-state index contributed by atoms with van der Waals surface area (Å²) in [6, 6.07) is 0. The van der Waals surface area contributed by atoms with Crippen LogP contribution in [0.3, 0.4) is 0 Å². The van der Waals surface area contributed by atoms with Crippen LogP contribution in [0, 0.1) is 12.3 Å². The van der Waals surface area contributed by atoms with Gasteiger partial charge in [-0.1, -0.05) is 6.58 Å². The molecule has 0 saturated carbocycles. The summed E-state index contributed by atoms with van der Waals surface area (Å²) in [6.07, 6.45) is 7.19. The summed E-state index contributed by atoms with van der Waals surface area (Å²) in [6.45, 7) is 12.8. The van der Waals surface area contributed by atoms with E-state index in [4.69, 9.17) is 10.8 Å². The Morgan fingerprint density at radius 3 is 2.60 bits per heavy atom. The molecule has 1 rings (SSSR count). The zero-order valence-corrected chi connectivity index (χ0v) is 11.2. The molecular weight excluding hydrogens is 200 g/mol. The minimum Gasteiger partial charge on any atom is -0.411 e. The standard InChI is InChI=1S/C13H20OSi/c1-7-8-12-10(2)9-13(11(12)3)14-15(4,5)6/h1,13H,2,8-9H2,3-6H3/t13-/m0/s1. The van der Waals surface area contributed by atoms with Crippen LogP contribution in [0.5, 0.6) is 0 Å². The van der Waals surface area contributed by atoms with E-state index in [0.29, 0.717) is 6.42 Å². The van der Waals surface area contributed by atoms with Gasteiger partial charge in [-0.25, -0.2) is 0 Å². The normalized spacial score (nSPS) is 22.1. The van der Waals surface area contributed by atoms with Gasteiger partial charge < -0.3 is 4.43 Å². The lowest BCUT2D eigenvalue weighted by atomic mass is 10.1.